The van der Waals surface area contributed by atoms with Gasteiger partial charge in [0.15, 0.2) is 0 Å². The zero-order valence-electron chi connectivity index (χ0n) is 17.0. The Hall–Kier alpha value is -3.75. The Morgan fingerprint density at radius 2 is 1.74 bits per heavy atom. The van der Waals surface area contributed by atoms with Crippen molar-refractivity contribution in [3.8, 4) is 0 Å². The lowest BCUT2D eigenvalue weighted by atomic mass is 10.2. The molecular formula is C22H21F2N3O4. The normalized spacial score (nSPS) is 10.7. The lowest BCUT2D eigenvalue weighted by molar-refractivity contribution is -0.134. The maximum absolute atomic E-state index is 13.7. The number of carbonyl (C=O) groups is 3. The second-order valence-corrected chi connectivity index (χ2v) is 6.73. The first kappa shape index (κ1) is 21.9. The molecule has 1 heterocycles. The quantitative estimate of drug-likeness (QED) is 0.585. The average molecular weight is 429 g/mol. The van der Waals surface area contributed by atoms with E-state index >= 15 is 0 Å². The van der Waals surface area contributed by atoms with Crippen molar-refractivity contribution in [3.05, 3.63) is 65.9 Å². The number of amides is 2. The van der Waals surface area contributed by atoms with Gasteiger partial charge in [0.2, 0.25) is 11.8 Å². The van der Waals surface area contributed by atoms with E-state index in [9.17, 15) is 23.2 Å². The molecule has 9 heteroatoms. The zero-order valence-corrected chi connectivity index (χ0v) is 17.0. The summed E-state index contributed by atoms with van der Waals surface area (Å²) in [6, 6.07) is 10.3. The van der Waals surface area contributed by atoms with Crippen molar-refractivity contribution in [3.63, 3.8) is 0 Å². The molecule has 0 fully saturated rings. The maximum atomic E-state index is 13.7. The summed E-state index contributed by atoms with van der Waals surface area (Å²) in [4.78, 5) is 38.4. The van der Waals surface area contributed by atoms with Crippen LogP contribution in [0.4, 0.5) is 14.5 Å². The Morgan fingerprint density at radius 3 is 2.39 bits per heavy atom. The molecule has 3 aromatic rings. The topological polar surface area (TPSA) is 80.6 Å². The number of ether oxygens (including phenoxy) is 1. The van der Waals surface area contributed by atoms with Gasteiger partial charge in [-0.25, -0.2) is 13.6 Å². The standard InChI is InChI=1S/C22H21F2N3O4/c1-3-26(12-19(28)25-21-16(23)8-6-9-17(21)24)20(29)13-27-11-15(22(30)31-2)14-7-4-5-10-18(14)27/h4-11H,3,12-13H2,1-2H3,(H,25,28). The largest absolute Gasteiger partial charge is 0.465 e. The molecule has 0 radical (unpaired) electrons. The van der Waals surface area contributed by atoms with Crippen LogP contribution >= 0.6 is 0 Å². The van der Waals surface area contributed by atoms with Crippen LogP contribution in [0, 0.1) is 11.6 Å². The third-order valence-electron chi connectivity index (χ3n) is 4.80. The van der Waals surface area contributed by atoms with Gasteiger partial charge in [-0.3, -0.25) is 9.59 Å². The predicted octanol–water partition coefficient (Wildman–Crippen LogP) is 3.19. The number of methoxy groups -OCH3 is 1. The Balaban J connectivity index is 1.76. The Kier molecular flexibility index (Phi) is 6.64. The van der Waals surface area contributed by atoms with Gasteiger partial charge >= 0.3 is 5.97 Å². The summed E-state index contributed by atoms with van der Waals surface area (Å²) in [6.07, 6.45) is 1.52. The monoisotopic (exact) mass is 429 g/mol. The van der Waals surface area contributed by atoms with Crippen molar-refractivity contribution in [1.29, 1.82) is 0 Å². The average Bonchev–Trinajstić information content (AvgIpc) is 3.12. The van der Waals surface area contributed by atoms with E-state index in [1.807, 2.05) is 0 Å². The van der Waals surface area contributed by atoms with Gasteiger partial charge in [0.1, 0.15) is 23.9 Å². The number of nitrogens with zero attached hydrogens (tertiary/aromatic N) is 2. The molecule has 1 N–H and O–H groups in total. The van der Waals surface area contributed by atoms with E-state index in [1.165, 1.54) is 24.3 Å². The molecule has 0 saturated carbocycles. The molecule has 0 unspecified atom stereocenters. The van der Waals surface area contributed by atoms with E-state index in [-0.39, 0.29) is 19.6 Å². The molecule has 0 saturated heterocycles. The molecule has 162 valence electrons. The van der Waals surface area contributed by atoms with E-state index in [0.717, 1.165) is 12.1 Å². The van der Waals surface area contributed by atoms with Gasteiger partial charge < -0.3 is 19.5 Å². The van der Waals surface area contributed by atoms with Crippen molar-refractivity contribution in [2.75, 3.05) is 25.5 Å². The van der Waals surface area contributed by atoms with Crippen LogP contribution in [0.5, 0.6) is 0 Å². The fraction of sp³-hybridized carbons (Fsp3) is 0.227. The number of likely N-dealkylation sites (N-methyl/N-ethyl adjacent to an activating group) is 1. The van der Waals surface area contributed by atoms with Crippen molar-refractivity contribution in [2.45, 2.75) is 13.5 Å². The maximum Gasteiger partial charge on any atom is 0.340 e. The van der Waals surface area contributed by atoms with Crippen LogP contribution in [0.2, 0.25) is 0 Å². The summed E-state index contributed by atoms with van der Waals surface area (Å²) < 4.78 is 33.9. The van der Waals surface area contributed by atoms with Crippen molar-refractivity contribution < 1.29 is 27.9 Å². The summed E-state index contributed by atoms with van der Waals surface area (Å²) in [5.41, 5.74) is 0.419. The highest BCUT2D eigenvalue weighted by Crippen LogP contribution is 2.22. The van der Waals surface area contributed by atoms with E-state index < -0.39 is 35.1 Å². The van der Waals surface area contributed by atoms with Crippen LogP contribution in [-0.4, -0.2) is 47.4 Å². The molecule has 0 bridgehead atoms. The molecule has 2 amide bonds. The SMILES string of the molecule is CCN(CC(=O)Nc1c(F)cccc1F)C(=O)Cn1cc(C(=O)OC)c2ccccc21. The summed E-state index contributed by atoms with van der Waals surface area (Å²) in [6.45, 7) is 1.37. The molecule has 0 aliphatic heterocycles. The highest BCUT2D eigenvalue weighted by Gasteiger charge is 2.21. The van der Waals surface area contributed by atoms with E-state index in [2.05, 4.69) is 5.32 Å². The number of para-hydroxylation sites is 2. The van der Waals surface area contributed by atoms with Crippen LogP contribution in [0.3, 0.4) is 0 Å². The Morgan fingerprint density at radius 1 is 1.06 bits per heavy atom. The highest BCUT2D eigenvalue weighted by molar-refractivity contribution is 6.04. The molecule has 0 aliphatic rings. The number of nitrogens with one attached hydrogen (secondary N) is 1. The number of anilines is 1. The van der Waals surface area contributed by atoms with Crippen LogP contribution in [0.25, 0.3) is 10.9 Å². The van der Waals surface area contributed by atoms with Gasteiger partial charge in [0.25, 0.3) is 0 Å². The van der Waals surface area contributed by atoms with Gasteiger partial charge in [-0.05, 0) is 25.1 Å². The van der Waals surface area contributed by atoms with Crippen LogP contribution < -0.4 is 5.32 Å². The number of carbonyl (C=O) groups excluding carboxylic acids is 3. The molecule has 0 atom stereocenters. The fourth-order valence-corrected chi connectivity index (χ4v) is 3.24. The number of rotatable bonds is 7. The highest BCUT2D eigenvalue weighted by atomic mass is 19.1. The summed E-state index contributed by atoms with van der Waals surface area (Å²) in [5.74, 6) is -3.47. The number of fused-ring (bicyclic) bond motifs is 1. The van der Waals surface area contributed by atoms with Crippen molar-refractivity contribution in [2.24, 2.45) is 0 Å². The number of hydrogen-bond acceptors (Lipinski definition) is 4. The molecule has 0 spiro atoms. The van der Waals surface area contributed by atoms with E-state index in [0.29, 0.717) is 16.5 Å². The minimum atomic E-state index is -0.906. The summed E-state index contributed by atoms with van der Waals surface area (Å²) >= 11 is 0. The van der Waals surface area contributed by atoms with Gasteiger partial charge in [-0.2, -0.15) is 0 Å². The second-order valence-electron chi connectivity index (χ2n) is 6.73. The first-order chi connectivity index (χ1) is 14.8. The van der Waals surface area contributed by atoms with Gasteiger partial charge in [0.05, 0.1) is 19.2 Å². The third kappa shape index (κ3) is 4.71. The molecule has 7 nitrogen and oxygen atoms in total. The summed E-state index contributed by atoms with van der Waals surface area (Å²) in [5, 5.41) is 2.80. The molecule has 2 aromatic carbocycles. The van der Waals surface area contributed by atoms with Crippen LogP contribution in [0.15, 0.2) is 48.7 Å². The minimum Gasteiger partial charge on any atom is -0.465 e. The molecule has 31 heavy (non-hydrogen) atoms. The molecule has 3 rings (SSSR count). The van der Waals surface area contributed by atoms with Gasteiger partial charge in [-0.1, -0.05) is 24.3 Å². The smallest absolute Gasteiger partial charge is 0.340 e. The summed E-state index contributed by atoms with van der Waals surface area (Å²) in [7, 11) is 1.27. The first-order valence-corrected chi connectivity index (χ1v) is 9.53. The van der Waals surface area contributed by atoms with Crippen molar-refractivity contribution in [1.82, 2.24) is 9.47 Å². The van der Waals surface area contributed by atoms with Gasteiger partial charge in [-0.15, -0.1) is 0 Å². The number of benzene rings is 2. The van der Waals surface area contributed by atoms with Crippen LogP contribution in [0.1, 0.15) is 17.3 Å². The Bertz CT molecular complexity index is 1120. The van der Waals surface area contributed by atoms with Crippen LogP contribution in [-0.2, 0) is 20.9 Å². The van der Waals surface area contributed by atoms with E-state index in [1.54, 1.807) is 35.8 Å². The zero-order chi connectivity index (χ0) is 22.5. The third-order valence-corrected chi connectivity index (χ3v) is 4.80. The molecule has 1 aromatic heterocycles. The van der Waals surface area contributed by atoms with Crippen molar-refractivity contribution >= 4 is 34.4 Å². The number of esters is 1. The number of aromatic nitrogens is 1. The number of hydrogen-bond donors (Lipinski definition) is 1. The first-order valence-electron chi connectivity index (χ1n) is 9.53. The van der Waals surface area contributed by atoms with Gasteiger partial charge in [0, 0.05) is 23.6 Å². The lowest BCUT2D eigenvalue weighted by Crippen LogP contribution is -2.39. The molecule has 0 aliphatic carbocycles. The lowest BCUT2D eigenvalue weighted by Gasteiger charge is -2.21. The van der Waals surface area contributed by atoms with E-state index in [4.69, 9.17) is 4.74 Å². The molecular weight excluding hydrogens is 408 g/mol. The minimum absolute atomic E-state index is 0.132. The fourth-order valence-electron chi connectivity index (χ4n) is 3.24. The second kappa shape index (κ2) is 9.38. The Labute approximate surface area is 177 Å². The predicted molar refractivity (Wildman–Crippen MR) is 111 cm³/mol. The number of halogens is 2.